The van der Waals surface area contributed by atoms with Gasteiger partial charge in [0.25, 0.3) is 5.91 Å². The van der Waals surface area contributed by atoms with E-state index in [0.717, 1.165) is 6.42 Å². The molecule has 2 saturated heterocycles. The number of sulfonamides is 1. The summed E-state index contributed by atoms with van der Waals surface area (Å²) in [6.07, 6.45) is 1.54. The van der Waals surface area contributed by atoms with Crippen LogP contribution in [0.2, 0.25) is 0 Å². The van der Waals surface area contributed by atoms with Gasteiger partial charge in [-0.05, 0) is 44.9 Å². The molecule has 1 aromatic carbocycles. The first-order valence-corrected chi connectivity index (χ1v) is 10.0. The van der Waals surface area contributed by atoms with E-state index in [-0.39, 0.29) is 23.9 Å². The maximum absolute atomic E-state index is 12.8. The summed E-state index contributed by atoms with van der Waals surface area (Å²) in [6, 6.07) is 6.94. The van der Waals surface area contributed by atoms with E-state index < -0.39 is 10.0 Å². The lowest BCUT2D eigenvalue weighted by Gasteiger charge is -2.35. The number of morpholine rings is 1. The number of hydrogen-bond donors (Lipinski definition) is 0. The van der Waals surface area contributed by atoms with Crippen molar-refractivity contribution < 1.29 is 17.9 Å². The van der Waals surface area contributed by atoms with E-state index in [1.165, 1.54) is 4.31 Å². The Morgan fingerprint density at radius 3 is 2.54 bits per heavy atom. The van der Waals surface area contributed by atoms with Gasteiger partial charge < -0.3 is 9.64 Å². The molecule has 0 aliphatic carbocycles. The van der Waals surface area contributed by atoms with Crippen LogP contribution in [-0.2, 0) is 14.8 Å². The van der Waals surface area contributed by atoms with Gasteiger partial charge in [0.1, 0.15) is 0 Å². The normalized spacial score (nSPS) is 27.1. The summed E-state index contributed by atoms with van der Waals surface area (Å²) in [4.78, 5) is 14.6. The molecule has 1 amide bonds. The average Bonchev–Trinajstić information content (AvgIpc) is 2.53. The van der Waals surface area contributed by atoms with Crippen LogP contribution in [0.15, 0.2) is 24.3 Å². The fourth-order valence-electron chi connectivity index (χ4n) is 3.40. The number of nitrogens with zero attached hydrogens (tertiary/aromatic N) is 2. The molecule has 0 aromatic heterocycles. The van der Waals surface area contributed by atoms with Gasteiger partial charge in [-0.3, -0.25) is 9.10 Å². The molecular formula is C17H24N2O4S. The van der Waals surface area contributed by atoms with Gasteiger partial charge >= 0.3 is 0 Å². The zero-order chi connectivity index (χ0) is 17.3. The molecule has 0 bridgehead atoms. The Kier molecular flexibility index (Phi) is 4.83. The average molecular weight is 352 g/mol. The van der Waals surface area contributed by atoms with E-state index in [1.54, 1.807) is 29.2 Å². The maximum Gasteiger partial charge on any atom is 0.254 e. The Morgan fingerprint density at radius 1 is 1.17 bits per heavy atom. The van der Waals surface area contributed by atoms with Crippen molar-refractivity contribution >= 4 is 21.6 Å². The highest BCUT2D eigenvalue weighted by Gasteiger charge is 2.29. The van der Waals surface area contributed by atoms with Crippen molar-refractivity contribution in [2.75, 3.05) is 29.7 Å². The number of amides is 1. The second kappa shape index (κ2) is 6.72. The van der Waals surface area contributed by atoms with Crippen molar-refractivity contribution in [1.82, 2.24) is 4.90 Å². The summed E-state index contributed by atoms with van der Waals surface area (Å²) in [7, 11) is -3.27. The highest BCUT2D eigenvalue weighted by atomic mass is 32.2. The SMILES string of the molecule is C[C@@H]1CN(C(=O)c2cccc(N3CCCCS3(=O)=O)c2)C[C@@H](C)O1. The third-order valence-electron chi connectivity index (χ3n) is 4.44. The summed E-state index contributed by atoms with van der Waals surface area (Å²) >= 11 is 0. The highest BCUT2D eigenvalue weighted by molar-refractivity contribution is 7.92. The monoisotopic (exact) mass is 352 g/mol. The van der Waals surface area contributed by atoms with E-state index in [4.69, 9.17) is 4.74 Å². The van der Waals surface area contributed by atoms with Crippen LogP contribution in [0.25, 0.3) is 0 Å². The van der Waals surface area contributed by atoms with Gasteiger partial charge in [-0.15, -0.1) is 0 Å². The van der Waals surface area contributed by atoms with Crippen LogP contribution >= 0.6 is 0 Å². The van der Waals surface area contributed by atoms with Crippen LogP contribution in [0.3, 0.4) is 0 Å². The first kappa shape index (κ1) is 17.2. The van der Waals surface area contributed by atoms with E-state index in [9.17, 15) is 13.2 Å². The quantitative estimate of drug-likeness (QED) is 0.815. The van der Waals surface area contributed by atoms with E-state index in [0.29, 0.717) is 37.3 Å². The van der Waals surface area contributed by atoms with Gasteiger partial charge in [-0.2, -0.15) is 0 Å². The molecule has 1 aromatic rings. The molecule has 0 N–H and O–H groups in total. The third-order valence-corrected chi connectivity index (χ3v) is 6.31. The maximum atomic E-state index is 12.8. The molecule has 2 atom stereocenters. The van der Waals surface area contributed by atoms with Gasteiger partial charge in [0.2, 0.25) is 10.0 Å². The zero-order valence-electron chi connectivity index (χ0n) is 14.1. The fraction of sp³-hybridized carbons (Fsp3) is 0.588. The minimum atomic E-state index is -3.27. The van der Waals surface area contributed by atoms with Crippen LogP contribution in [0.1, 0.15) is 37.0 Å². The van der Waals surface area contributed by atoms with Crippen molar-refractivity contribution in [3.8, 4) is 0 Å². The lowest BCUT2D eigenvalue weighted by atomic mass is 10.1. The Bertz CT molecular complexity index is 709. The van der Waals surface area contributed by atoms with Crippen molar-refractivity contribution in [1.29, 1.82) is 0 Å². The number of ether oxygens (including phenoxy) is 1. The second-order valence-electron chi connectivity index (χ2n) is 6.61. The molecule has 0 unspecified atom stereocenters. The molecule has 132 valence electrons. The number of carbonyl (C=O) groups excluding carboxylic acids is 1. The largest absolute Gasteiger partial charge is 0.372 e. The molecule has 24 heavy (non-hydrogen) atoms. The van der Waals surface area contributed by atoms with Crippen LogP contribution in [0.5, 0.6) is 0 Å². The first-order valence-electron chi connectivity index (χ1n) is 8.42. The Hall–Kier alpha value is -1.60. The van der Waals surface area contributed by atoms with Crippen LogP contribution in [0.4, 0.5) is 5.69 Å². The summed E-state index contributed by atoms with van der Waals surface area (Å²) < 4.78 is 31.6. The predicted octanol–water partition coefficient (Wildman–Crippen LogP) is 1.87. The Morgan fingerprint density at radius 2 is 1.88 bits per heavy atom. The van der Waals surface area contributed by atoms with Crippen molar-refractivity contribution in [3.05, 3.63) is 29.8 Å². The summed E-state index contributed by atoms with van der Waals surface area (Å²) in [5.74, 6) is 0.0946. The fourth-order valence-corrected chi connectivity index (χ4v) is 5.03. The number of anilines is 1. The number of carbonyl (C=O) groups is 1. The molecule has 0 saturated carbocycles. The van der Waals surface area contributed by atoms with Gasteiger partial charge in [-0.1, -0.05) is 6.07 Å². The minimum Gasteiger partial charge on any atom is -0.372 e. The minimum absolute atomic E-state index is 0.00311. The number of hydrogen-bond acceptors (Lipinski definition) is 4. The molecule has 0 spiro atoms. The van der Waals surface area contributed by atoms with Gasteiger partial charge in [-0.25, -0.2) is 8.42 Å². The number of rotatable bonds is 2. The molecular weight excluding hydrogens is 328 g/mol. The third kappa shape index (κ3) is 3.57. The van der Waals surface area contributed by atoms with Gasteiger partial charge in [0.05, 0.1) is 23.6 Å². The lowest BCUT2D eigenvalue weighted by molar-refractivity contribution is -0.0586. The molecule has 2 aliphatic heterocycles. The lowest BCUT2D eigenvalue weighted by Crippen LogP contribution is -2.48. The number of benzene rings is 1. The second-order valence-corrected chi connectivity index (χ2v) is 8.63. The topological polar surface area (TPSA) is 66.9 Å². The van der Waals surface area contributed by atoms with E-state index in [1.807, 2.05) is 13.8 Å². The molecule has 2 fully saturated rings. The van der Waals surface area contributed by atoms with Gasteiger partial charge in [0.15, 0.2) is 0 Å². The van der Waals surface area contributed by atoms with Crippen LogP contribution in [0, 0.1) is 0 Å². The molecule has 6 nitrogen and oxygen atoms in total. The summed E-state index contributed by atoms with van der Waals surface area (Å²) in [5.41, 5.74) is 1.10. The van der Waals surface area contributed by atoms with Crippen LogP contribution < -0.4 is 4.31 Å². The summed E-state index contributed by atoms with van der Waals surface area (Å²) in [6.45, 7) is 5.48. The summed E-state index contributed by atoms with van der Waals surface area (Å²) in [5, 5.41) is 0. The first-order chi connectivity index (χ1) is 11.4. The predicted molar refractivity (Wildman–Crippen MR) is 92.7 cm³/mol. The van der Waals surface area contributed by atoms with Crippen LogP contribution in [-0.4, -0.2) is 56.8 Å². The van der Waals surface area contributed by atoms with Gasteiger partial charge in [0, 0.05) is 25.2 Å². The molecule has 2 heterocycles. The highest BCUT2D eigenvalue weighted by Crippen LogP contribution is 2.25. The molecule has 0 radical (unpaired) electrons. The Balaban J connectivity index is 1.83. The molecule has 3 rings (SSSR count). The van der Waals surface area contributed by atoms with Crippen molar-refractivity contribution in [3.63, 3.8) is 0 Å². The van der Waals surface area contributed by atoms with E-state index in [2.05, 4.69) is 0 Å². The molecule has 7 heteroatoms. The molecule has 2 aliphatic rings. The smallest absolute Gasteiger partial charge is 0.254 e. The standard InChI is InChI=1S/C17H24N2O4S/c1-13-11-18(12-14(2)23-13)17(20)15-6-5-7-16(10-15)19-8-3-4-9-24(19,21)22/h5-7,10,13-14H,3-4,8-9,11-12H2,1-2H3/t13-,14-/m1/s1. The zero-order valence-corrected chi connectivity index (χ0v) is 15.0. The Labute approximate surface area is 143 Å². The van der Waals surface area contributed by atoms with E-state index >= 15 is 0 Å². The van der Waals surface area contributed by atoms with Crippen molar-refractivity contribution in [2.24, 2.45) is 0 Å². The van der Waals surface area contributed by atoms with Crippen molar-refractivity contribution in [2.45, 2.75) is 38.9 Å².